The third-order valence-electron chi connectivity index (χ3n) is 2.17. The van der Waals surface area contributed by atoms with Gasteiger partial charge in [0.05, 0.1) is 11.0 Å². The van der Waals surface area contributed by atoms with Crippen molar-refractivity contribution in [2.75, 3.05) is 17.3 Å². The average molecular weight is 177 g/mol. The summed E-state index contributed by atoms with van der Waals surface area (Å²) < 4.78 is 1.35. The molecule has 0 fully saturated rings. The zero-order chi connectivity index (χ0) is 9.59. The Morgan fingerprint density at radius 3 is 2.69 bits per heavy atom. The highest BCUT2D eigenvalue weighted by atomic mass is 15.4. The van der Waals surface area contributed by atoms with Crippen molar-refractivity contribution < 1.29 is 0 Å². The molecule has 0 radical (unpaired) electrons. The van der Waals surface area contributed by atoms with Crippen molar-refractivity contribution in [3.05, 3.63) is 17.7 Å². The Morgan fingerprint density at radius 2 is 2.00 bits per heavy atom. The second kappa shape index (κ2) is 2.29. The number of nitrogens with two attached hydrogens (primary N) is 3. The maximum Gasteiger partial charge on any atom is 0.220 e. The van der Waals surface area contributed by atoms with Crippen LogP contribution >= 0.6 is 0 Å². The van der Waals surface area contributed by atoms with Gasteiger partial charge in [0.1, 0.15) is 0 Å². The van der Waals surface area contributed by atoms with Crippen LogP contribution in [0.5, 0.6) is 0 Å². The highest BCUT2D eigenvalue weighted by molar-refractivity contribution is 5.85. The molecule has 0 unspecified atom stereocenters. The fraction of sp³-hybridized carbons (Fsp3) is 0.125. The van der Waals surface area contributed by atoms with Crippen LogP contribution < -0.4 is 17.3 Å². The second-order valence-corrected chi connectivity index (χ2v) is 2.99. The largest absolute Gasteiger partial charge is 0.398 e. The van der Waals surface area contributed by atoms with Crippen LogP contribution in [-0.4, -0.2) is 9.66 Å². The van der Waals surface area contributed by atoms with Gasteiger partial charge in [0.2, 0.25) is 5.95 Å². The number of fused-ring (bicyclic) bond motifs is 1. The van der Waals surface area contributed by atoms with Crippen LogP contribution in [0.1, 0.15) is 5.56 Å². The summed E-state index contributed by atoms with van der Waals surface area (Å²) >= 11 is 0. The second-order valence-electron chi connectivity index (χ2n) is 2.99. The van der Waals surface area contributed by atoms with Gasteiger partial charge in [-0.25, -0.2) is 9.66 Å². The SMILES string of the molecule is Cc1c(N)ccc2nc(N)n(N)c12. The summed E-state index contributed by atoms with van der Waals surface area (Å²) in [4.78, 5) is 4.07. The Hall–Kier alpha value is -1.91. The van der Waals surface area contributed by atoms with E-state index in [2.05, 4.69) is 4.98 Å². The third-order valence-corrected chi connectivity index (χ3v) is 2.17. The van der Waals surface area contributed by atoms with Crippen LogP contribution in [0.15, 0.2) is 12.1 Å². The Balaban J connectivity index is 2.97. The number of hydrogen-bond acceptors (Lipinski definition) is 4. The lowest BCUT2D eigenvalue weighted by atomic mass is 10.2. The van der Waals surface area contributed by atoms with Crippen LogP contribution in [0.25, 0.3) is 11.0 Å². The molecule has 1 aromatic carbocycles. The predicted octanol–water partition coefficient (Wildman–Crippen LogP) is 0.223. The maximum absolute atomic E-state index is 5.73. The summed E-state index contributed by atoms with van der Waals surface area (Å²) in [7, 11) is 0. The highest BCUT2D eigenvalue weighted by Crippen LogP contribution is 2.23. The first-order chi connectivity index (χ1) is 6.11. The minimum Gasteiger partial charge on any atom is -0.398 e. The number of aryl methyl sites for hydroxylation is 1. The minimum absolute atomic E-state index is 0.295. The summed E-state index contributed by atoms with van der Waals surface area (Å²) in [5.74, 6) is 5.98. The van der Waals surface area contributed by atoms with Crippen molar-refractivity contribution in [3.63, 3.8) is 0 Å². The van der Waals surface area contributed by atoms with Gasteiger partial charge in [0.15, 0.2) is 0 Å². The average Bonchev–Trinajstić information content (AvgIpc) is 2.37. The monoisotopic (exact) mass is 177 g/mol. The number of nitrogens with zero attached hydrogens (tertiary/aromatic N) is 2. The summed E-state index contributed by atoms with van der Waals surface area (Å²) in [6, 6.07) is 3.60. The summed E-state index contributed by atoms with van der Waals surface area (Å²) in [5.41, 5.74) is 14.4. The summed E-state index contributed by atoms with van der Waals surface area (Å²) in [6.07, 6.45) is 0. The molecule has 2 rings (SSSR count). The molecule has 0 amide bonds. The molecule has 1 heterocycles. The van der Waals surface area contributed by atoms with Crippen LogP contribution in [0, 0.1) is 6.92 Å². The van der Waals surface area contributed by atoms with Gasteiger partial charge in [-0.2, -0.15) is 0 Å². The molecule has 5 nitrogen and oxygen atoms in total. The van der Waals surface area contributed by atoms with E-state index in [0.29, 0.717) is 11.6 Å². The van der Waals surface area contributed by atoms with E-state index in [1.54, 1.807) is 12.1 Å². The van der Waals surface area contributed by atoms with Crippen LogP contribution in [0.3, 0.4) is 0 Å². The smallest absolute Gasteiger partial charge is 0.220 e. The maximum atomic E-state index is 5.73. The number of imidazole rings is 1. The van der Waals surface area contributed by atoms with E-state index in [1.807, 2.05) is 6.92 Å². The molecule has 0 spiro atoms. The third kappa shape index (κ3) is 0.900. The molecule has 0 bridgehead atoms. The number of aromatic nitrogens is 2. The number of benzene rings is 1. The van der Waals surface area contributed by atoms with Gasteiger partial charge in [-0.15, -0.1) is 0 Å². The standard InChI is InChI=1S/C8H11N5/c1-4-5(9)2-3-6-7(4)13(11)8(10)12-6/h2-3H,9,11H2,1H3,(H2,10,12). The van der Waals surface area contributed by atoms with Gasteiger partial charge in [-0.1, -0.05) is 0 Å². The molecule has 0 aliphatic carbocycles. The van der Waals surface area contributed by atoms with E-state index in [4.69, 9.17) is 17.3 Å². The molecule has 13 heavy (non-hydrogen) atoms. The van der Waals surface area contributed by atoms with Gasteiger partial charge < -0.3 is 17.3 Å². The molecule has 6 N–H and O–H groups in total. The fourth-order valence-electron chi connectivity index (χ4n) is 1.39. The quantitative estimate of drug-likeness (QED) is 0.396. The zero-order valence-electron chi connectivity index (χ0n) is 7.28. The van der Waals surface area contributed by atoms with Gasteiger partial charge in [-0.3, -0.25) is 0 Å². The number of anilines is 2. The molecular formula is C8H11N5. The van der Waals surface area contributed by atoms with Crippen molar-refractivity contribution in [1.29, 1.82) is 0 Å². The normalized spacial score (nSPS) is 10.8. The molecule has 5 heteroatoms. The predicted molar refractivity (Wildman–Crippen MR) is 53.4 cm³/mol. The van der Waals surface area contributed by atoms with E-state index < -0.39 is 0 Å². The first-order valence-corrected chi connectivity index (χ1v) is 3.89. The summed E-state index contributed by atoms with van der Waals surface area (Å²) in [5, 5.41) is 0. The van der Waals surface area contributed by atoms with Crippen molar-refractivity contribution >= 4 is 22.7 Å². The van der Waals surface area contributed by atoms with Crippen molar-refractivity contribution in [2.24, 2.45) is 0 Å². The molecule has 1 aromatic heterocycles. The minimum atomic E-state index is 0.295. The molecule has 0 aliphatic rings. The van der Waals surface area contributed by atoms with Crippen molar-refractivity contribution in [2.45, 2.75) is 6.92 Å². The Kier molecular flexibility index (Phi) is 1.36. The van der Waals surface area contributed by atoms with Gasteiger partial charge >= 0.3 is 0 Å². The molecule has 0 atom stereocenters. The van der Waals surface area contributed by atoms with Gasteiger partial charge in [-0.05, 0) is 24.6 Å². The van der Waals surface area contributed by atoms with Gasteiger partial charge in [0.25, 0.3) is 0 Å². The number of rotatable bonds is 0. The van der Waals surface area contributed by atoms with E-state index in [0.717, 1.165) is 16.6 Å². The fourth-order valence-corrected chi connectivity index (χ4v) is 1.39. The highest BCUT2D eigenvalue weighted by Gasteiger charge is 2.09. The Bertz CT molecular complexity index is 471. The molecule has 0 aliphatic heterocycles. The van der Waals surface area contributed by atoms with Gasteiger partial charge in [0, 0.05) is 5.69 Å². The number of nitrogen functional groups attached to an aromatic ring is 3. The molecular weight excluding hydrogens is 166 g/mol. The van der Waals surface area contributed by atoms with Crippen LogP contribution in [-0.2, 0) is 0 Å². The Morgan fingerprint density at radius 1 is 1.31 bits per heavy atom. The van der Waals surface area contributed by atoms with Crippen molar-refractivity contribution in [1.82, 2.24) is 9.66 Å². The molecule has 68 valence electrons. The van der Waals surface area contributed by atoms with E-state index in [-0.39, 0.29) is 0 Å². The lowest BCUT2D eigenvalue weighted by molar-refractivity contribution is 1.05. The molecule has 0 saturated heterocycles. The van der Waals surface area contributed by atoms with E-state index in [9.17, 15) is 0 Å². The number of hydrogen-bond donors (Lipinski definition) is 3. The topological polar surface area (TPSA) is 95.9 Å². The molecule has 0 saturated carbocycles. The first kappa shape index (κ1) is 7.72. The Labute approximate surface area is 75.1 Å². The first-order valence-electron chi connectivity index (χ1n) is 3.89. The van der Waals surface area contributed by atoms with Crippen molar-refractivity contribution in [3.8, 4) is 0 Å². The lowest BCUT2D eigenvalue weighted by Gasteiger charge is -2.02. The lowest BCUT2D eigenvalue weighted by Crippen LogP contribution is -2.12. The zero-order valence-corrected chi connectivity index (χ0v) is 7.28. The summed E-state index contributed by atoms with van der Waals surface area (Å²) in [6.45, 7) is 1.89. The van der Waals surface area contributed by atoms with E-state index in [1.165, 1.54) is 4.68 Å². The van der Waals surface area contributed by atoms with Crippen LogP contribution in [0.4, 0.5) is 11.6 Å². The van der Waals surface area contributed by atoms with E-state index >= 15 is 0 Å². The van der Waals surface area contributed by atoms with Crippen LogP contribution in [0.2, 0.25) is 0 Å². The molecule has 2 aromatic rings.